The van der Waals surface area contributed by atoms with Gasteiger partial charge < -0.3 is 10.1 Å². The number of thiol groups is 1. The van der Waals surface area contributed by atoms with E-state index in [4.69, 9.17) is 4.74 Å². The van der Waals surface area contributed by atoms with Crippen molar-refractivity contribution >= 4 is 18.5 Å². The molecule has 0 saturated carbocycles. The minimum absolute atomic E-state index is 0.0107. The number of benzene rings is 1. The maximum atomic E-state index is 12.2. The van der Waals surface area contributed by atoms with Crippen LogP contribution in [0.2, 0.25) is 0 Å². The number of carbonyl (C=O) groups excluding carboxylic acids is 1. The second-order valence-corrected chi connectivity index (χ2v) is 5.99. The fourth-order valence-electron chi connectivity index (χ4n) is 2.26. The number of rotatable bonds is 4. The third kappa shape index (κ3) is 4.25. The molecule has 0 spiro atoms. The van der Waals surface area contributed by atoms with Gasteiger partial charge in [0.25, 0.3) is 0 Å². The summed E-state index contributed by atoms with van der Waals surface area (Å²) in [6.07, 6.45) is 2.39. The van der Waals surface area contributed by atoms with E-state index in [9.17, 15) is 4.79 Å². The highest BCUT2D eigenvalue weighted by atomic mass is 32.1. The maximum absolute atomic E-state index is 12.2. The Kier molecular flexibility index (Phi) is 4.88. The summed E-state index contributed by atoms with van der Waals surface area (Å²) < 4.78 is 5.33. The summed E-state index contributed by atoms with van der Waals surface area (Å²) in [5.74, 6) is 0.0107. The molecule has 1 fully saturated rings. The van der Waals surface area contributed by atoms with Crippen molar-refractivity contribution in [1.29, 1.82) is 0 Å². The zero-order valence-corrected chi connectivity index (χ0v) is 12.2. The Balaban J connectivity index is 1.88. The first kappa shape index (κ1) is 14.4. The first-order chi connectivity index (χ1) is 9.09. The lowest BCUT2D eigenvalue weighted by molar-refractivity contribution is -0.123. The first-order valence-electron chi connectivity index (χ1n) is 6.71. The molecule has 0 radical (unpaired) electrons. The quantitative estimate of drug-likeness (QED) is 0.829. The van der Waals surface area contributed by atoms with Crippen LogP contribution in [0.5, 0.6) is 0 Å². The number of nitrogens with one attached hydrogen (secondary N) is 1. The van der Waals surface area contributed by atoms with Gasteiger partial charge in [-0.1, -0.05) is 30.3 Å². The third-order valence-electron chi connectivity index (χ3n) is 3.60. The van der Waals surface area contributed by atoms with Gasteiger partial charge in [0.1, 0.15) is 0 Å². The molecule has 1 unspecified atom stereocenters. The van der Waals surface area contributed by atoms with E-state index in [0.29, 0.717) is 19.6 Å². The van der Waals surface area contributed by atoms with Crippen LogP contribution >= 0.6 is 12.6 Å². The Labute approximate surface area is 120 Å². The normalized spacial score (nSPS) is 19.7. The molecule has 1 aromatic rings. The van der Waals surface area contributed by atoms with Gasteiger partial charge in [-0.05, 0) is 31.7 Å². The van der Waals surface area contributed by atoms with Gasteiger partial charge in [-0.25, -0.2) is 0 Å². The molecule has 4 heteroatoms. The van der Waals surface area contributed by atoms with Crippen LogP contribution in [0.25, 0.3) is 0 Å². The Morgan fingerprint density at radius 1 is 1.37 bits per heavy atom. The lowest BCUT2D eigenvalue weighted by Gasteiger charge is -2.35. The van der Waals surface area contributed by atoms with Crippen molar-refractivity contribution in [3.63, 3.8) is 0 Å². The summed E-state index contributed by atoms with van der Waals surface area (Å²) in [6, 6.07) is 9.97. The van der Waals surface area contributed by atoms with Crippen LogP contribution in [0.15, 0.2) is 30.3 Å². The first-order valence-corrected chi connectivity index (χ1v) is 7.22. The van der Waals surface area contributed by atoms with Crippen molar-refractivity contribution in [3.8, 4) is 0 Å². The van der Waals surface area contributed by atoms with Gasteiger partial charge in [0.15, 0.2) is 0 Å². The molecular formula is C15H21NO2S. The Morgan fingerprint density at radius 2 is 2.00 bits per heavy atom. The van der Waals surface area contributed by atoms with Crippen molar-refractivity contribution in [2.24, 2.45) is 0 Å². The Bertz CT molecular complexity index is 415. The summed E-state index contributed by atoms with van der Waals surface area (Å²) in [5, 5.41) is 2.82. The van der Waals surface area contributed by atoms with E-state index in [0.717, 1.165) is 18.4 Å². The second kappa shape index (κ2) is 6.44. The summed E-state index contributed by atoms with van der Waals surface area (Å²) in [7, 11) is 0. The molecule has 0 bridgehead atoms. The van der Waals surface area contributed by atoms with E-state index in [-0.39, 0.29) is 16.7 Å². The molecule has 19 heavy (non-hydrogen) atoms. The standard InChI is InChI=1S/C15H21NO2S/c1-15(7-9-18-10-8-15)16-14(17)13(19)11-12-5-3-2-4-6-12/h2-6,13,19H,7-11H2,1H3,(H,16,17). The zero-order chi connectivity index (χ0) is 13.7. The van der Waals surface area contributed by atoms with Gasteiger partial charge in [0, 0.05) is 18.8 Å². The highest BCUT2D eigenvalue weighted by molar-refractivity contribution is 7.81. The van der Waals surface area contributed by atoms with Gasteiger partial charge in [-0.3, -0.25) is 4.79 Å². The SMILES string of the molecule is CC1(NC(=O)C(S)Cc2ccccc2)CCOCC1. The van der Waals surface area contributed by atoms with E-state index < -0.39 is 0 Å². The van der Waals surface area contributed by atoms with Gasteiger partial charge in [-0.15, -0.1) is 0 Å². The van der Waals surface area contributed by atoms with E-state index >= 15 is 0 Å². The van der Waals surface area contributed by atoms with Crippen molar-refractivity contribution in [1.82, 2.24) is 5.32 Å². The molecule has 1 N–H and O–H groups in total. The highest BCUT2D eigenvalue weighted by Crippen LogP contribution is 2.20. The molecule has 104 valence electrons. The number of carbonyl (C=O) groups is 1. The minimum atomic E-state index is -0.304. The average molecular weight is 279 g/mol. The van der Waals surface area contributed by atoms with Crippen LogP contribution in [0.4, 0.5) is 0 Å². The lowest BCUT2D eigenvalue weighted by atomic mass is 9.92. The second-order valence-electron chi connectivity index (χ2n) is 5.37. The van der Waals surface area contributed by atoms with E-state index in [1.807, 2.05) is 30.3 Å². The largest absolute Gasteiger partial charge is 0.381 e. The number of hydrogen-bond donors (Lipinski definition) is 2. The summed E-state index contributed by atoms with van der Waals surface area (Å²) in [4.78, 5) is 12.2. The molecule has 1 atom stereocenters. The monoisotopic (exact) mass is 279 g/mol. The van der Waals surface area contributed by atoms with E-state index in [2.05, 4.69) is 24.9 Å². The number of amides is 1. The molecule has 1 heterocycles. The zero-order valence-electron chi connectivity index (χ0n) is 11.3. The van der Waals surface area contributed by atoms with Crippen LogP contribution in [0, 0.1) is 0 Å². The fourth-order valence-corrected chi connectivity index (χ4v) is 2.53. The third-order valence-corrected chi connectivity index (χ3v) is 4.01. The predicted octanol–water partition coefficient (Wildman–Crippen LogP) is 2.21. The Hall–Kier alpha value is -1.00. The summed E-state index contributed by atoms with van der Waals surface area (Å²) in [6.45, 7) is 3.51. The van der Waals surface area contributed by atoms with Crippen molar-refractivity contribution in [3.05, 3.63) is 35.9 Å². The highest BCUT2D eigenvalue weighted by Gasteiger charge is 2.30. The molecule has 3 nitrogen and oxygen atoms in total. The molecule has 1 aromatic carbocycles. The van der Waals surface area contributed by atoms with Crippen LogP contribution in [-0.2, 0) is 16.0 Å². The number of hydrogen-bond acceptors (Lipinski definition) is 3. The van der Waals surface area contributed by atoms with Gasteiger partial charge in [-0.2, -0.15) is 12.6 Å². The summed E-state index contributed by atoms with van der Waals surface area (Å²) in [5.41, 5.74) is 0.988. The number of ether oxygens (including phenoxy) is 1. The van der Waals surface area contributed by atoms with Gasteiger partial charge in [0.2, 0.25) is 5.91 Å². The molecular weight excluding hydrogens is 258 g/mol. The molecule has 0 aromatic heterocycles. The van der Waals surface area contributed by atoms with Crippen molar-refractivity contribution < 1.29 is 9.53 Å². The van der Waals surface area contributed by atoms with Crippen molar-refractivity contribution in [2.75, 3.05) is 13.2 Å². The maximum Gasteiger partial charge on any atom is 0.233 e. The summed E-state index contributed by atoms with van der Waals surface area (Å²) >= 11 is 4.43. The van der Waals surface area contributed by atoms with Crippen LogP contribution in [0.3, 0.4) is 0 Å². The predicted molar refractivity (Wildman–Crippen MR) is 79.5 cm³/mol. The van der Waals surface area contributed by atoms with Crippen LogP contribution < -0.4 is 5.32 Å². The van der Waals surface area contributed by atoms with Crippen LogP contribution in [-0.4, -0.2) is 29.9 Å². The smallest absolute Gasteiger partial charge is 0.233 e. The fraction of sp³-hybridized carbons (Fsp3) is 0.533. The average Bonchev–Trinajstić information content (AvgIpc) is 2.40. The van der Waals surface area contributed by atoms with Gasteiger partial charge >= 0.3 is 0 Å². The topological polar surface area (TPSA) is 38.3 Å². The molecule has 0 aliphatic carbocycles. The lowest BCUT2D eigenvalue weighted by Crippen LogP contribution is -2.52. The molecule has 1 aliphatic rings. The van der Waals surface area contributed by atoms with Crippen LogP contribution in [0.1, 0.15) is 25.3 Å². The molecule has 1 aliphatic heterocycles. The molecule has 1 saturated heterocycles. The van der Waals surface area contributed by atoms with Gasteiger partial charge in [0.05, 0.1) is 5.25 Å². The molecule has 1 amide bonds. The molecule has 2 rings (SSSR count). The Morgan fingerprint density at radius 3 is 2.63 bits per heavy atom. The van der Waals surface area contributed by atoms with Crippen molar-refractivity contribution in [2.45, 2.75) is 37.0 Å². The minimum Gasteiger partial charge on any atom is -0.381 e. The van der Waals surface area contributed by atoms with E-state index in [1.54, 1.807) is 0 Å². The van der Waals surface area contributed by atoms with E-state index in [1.165, 1.54) is 0 Å².